The van der Waals surface area contributed by atoms with E-state index in [4.69, 9.17) is 14.9 Å². The van der Waals surface area contributed by atoms with Gasteiger partial charge in [0.15, 0.2) is 11.2 Å². The Morgan fingerprint density at radius 1 is 1.12 bits per heavy atom. The summed E-state index contributed by atoms with van der Waals surface area (Å²) in [5.41, 5.74) is 9.48. The van der Waals surface area contributed by atoms with Crippen molar-refractivity contribution in [2.75, 3.05) is 10.6 Å². The number of benzene rings is 2. The fourth-order valence-electron chi connectivity index (χ4n) is 3.58. The van der Waals surface area contributed by atoms with Gasteiger partial charge in [0.25, 0.3) is 5.91 Å². The van der Waals surface area contributed by atoms with Crippen LogP contribution in [0, 0.1) is 0 Å². The smallest absolute Gasteiger partial charge is 0.417 e. The first kappa shape index (κ1) is 19.9. The molecule has 0 saturated carbocycles. The molecule has 2 aliphatic heterocycles. The predicted molar refractivity (Wildman–Crippen MR) is 120 cm³/mol. The van der Waals surface area contributed by atoms with Gasteiger partial charge in [0, 0.05) is 23.0 Å². The second kappa shape index (κ2) is 6.72. The van der Waals surface area contributed by atoms with E-state index in [1.165, 1.54) is 0 Å². The van der Waals surface area contributed by atoms with E-state index in [9.17, 15) is 9.59 Å². The van der Waals surface area contributed by atoms with Crippen LogP contribution in [0.1, 0.15) is 26.3 Å². The predicted octanol–water partition coefficient (Wildman–Crippen LogP) is 2.32. The van der Waals surface area contributed by atoms with Crippen LogP contribution in [-0.4, -0.2) is 22.7 Å². The fraction of sp³-hybridized carbons (Fsp3) is 0.227. The van der Waals surface area contributed by atoms with Crippen molar-refractivity contribution in [3.63, 3.8) is 0 Å². The molecule has 2 aromatic carbocycles. The van der Waals surface area contributed by atoms with E-state index < -0.39 is 17.1 Å². The molecule has 0 aliphatic carbocycles. The minimum absolute atomic E-state index is 0.213. The third-order valence-electron chi connectivity index (χ3n) is 5.44. The fourth-order valence-corrected chi connectivity index (χ4v) is 3.58. The van der Waals surface area contributed by atoms with Crippen LogP contribution in [0.25, 0.3) is 11.1 Å². The van der Waals surface area contributed by atoms with Crippen LogP contribution in [-0.2, 0) is 10.6 Å². The van der Waals surface area contributed by atoms with Crippen LogP contribution < -0.4 is 32.2 Å². The molecule has 0 bridgehead atoms. The molecule has 0 radical (unpaired) electrons. The van der Waals surface area contributed by atoms with E-state index in [1.54, 1.807) is 56.5 Å². The number of aromatic amines is 1. The van der Waals surface area contributed by atoms with Gasteiger partial charge in [0.05, 0.1) is 11.2 Å². The molecule has 2 aliphatic rings. The molecule has 32 heavy (non-hydrogen) atoms. The van der Waals surface area contributed by atoms with E-state index in [1.807, 2.05) is 6.92 Å². The van der Waals surface area contributed by atoms with Gasteiger partial charge in [-0.05, 0) is 51.1 Å². The summed E-state index contributed by atoms with van der Waals surface area (Å²) in [5, 5.41) is 9.37. The number of nitrogens with one attached hydrogen (secondary N) is 4. The Hall–Kier alpha value is -4.05. The molecule has 0 spiro atoms. The van der Waals surface area contributed by atoms with Gasteiger partial charge in [-0.3, -0.25) is 15.5 Å². The molecule has 10 nitrogen and oxygen atoms in total. The van der Waals surface area contributed by atoms with Crippen LogP contribution in [0.2, 0.25) is 0 Å². The lowest BCUT2D eigenvalue weighted by Crippen LogP contribution is -2.52. The summed E-state index contributed by atoms with van der Waals surface area (Å²) >= 11 is 0. The van der Waals surface area contributed by atoms with Crippen molar-refractivity contribution >= 4 is 34.6 Å². The van der Waals surface area contributed by atoms with Gasteiger partial charge in [-0.25, -0.2) is 9.79 Å². The largest absolute Gasteiger partial charge is 0.476 e. The monoisotopic (exact) mass is 434 g/mol. The van der Waals surface area contributed by atoms with Crippen LogP contribution in [0.5, 0.6) is 5.75 Å². The minimum Gasteiger partial charge on any atom is -0.476 e. The lowest BCUT2D eigenvalue weighted by Gasteiger charge is -2.35. The third-order valence-corrected chi connectivity index (χ3v) is 5.44. The number of nitrogens with zero attached hydrogens (tertiary/aromatic N) is 1. The maximum atomic E-state index is 12.1. The number of aliphatic imine (C=N–C) groups is 1. The van der Waals surface area contributed by atoms with Gasteiger partial charge in [-0.15, -0.1) is 0 Å². The maximum absolute atomic E-state index is 12.1. The topological polar surface area (TPSA) is 147 Å². The normalized spacial score (nSPS) is 21.6. The number of allylic oxidation sites excluding steroid dienone is 1. The molecule has 3 heterocycles. The van der Waals surface area contributed by atoms with E-state index in [-0.39, 0.29) is 5.91 Å². The van der Waals surface area contributed by atoms with Crippen molar-refractivity contribution in [3.8, 4) is 5.75 Å². The van der Waals surface area contributed by atoms with Crippen molar-refractivity contribution in [3.05, 3.63) is 63.9 Å². The molecule has 1 atom stereocenters. The Morgan fingerprint density at radius 3 is 2.75 bits per heavy atom. The van der Waals surface area contributed by atoms with Gasteiger partial charge in [-0.2, -0.15) is 0 Å². The Kier molecular flexibility index (Phi) is 4.18. The molecule has 164 valence electrons. The minimum atomic E-state index is -1.26. The summed E-state index contributed by atoms with van der Waals surface area (Å²) < 4.78 is 10.9. The summed E-state index contributed by atoms with van der Waals surface area (Å²) in [5.74, 6) is -0.815. The Balaban J connectivity index is 1.43. The standard InChI is InChI=1S/C22H22N6O4/c1-11-10-24-22(23,12-4-6-14-17(8-12)32-21(2,3)19(29)26-14)28-18(11)25-13-5-7-16-15(9-13)27-20(30)31-16/h4-10,25,28H,23H2,1-3H3,(H,26,29)(H,27,30). The summed E-state index contributed by atoms with van der Waals surface area (Å²) in [6.07, 6.45) is 1.68. The number of carbonyl (C=O) groups excluding carboxylic acids is 1. The molecule has 5 rings (SSSR count). The number of aromatic nitrogens is 1. The van der Waals surface area contributed by atoms with E-state index in [0.29, 0.717) is 33.9 Å². The van der Waals surface area contributed by atoms with Crippen LogP contribution >= 0.6 is 0 Å². The lowest BCUT2D eigenvalue weighted by atomic mass is 10.0. The average Bonchev–Trinajstić information content (AvgIpc) is 3.10. The van der Waals surface area contributed by atoms with Gasteiger partial charge < -0.3 is 25.1 Å². The Labute approximate surface area is 182 Å². The Morgan fingerprint density at radius 2 is 1.94 bits per heavy atom. The molecule has 1 aromatic heterocycles. The summed E-state index contributed by atoms with van der Waals surface area (Å²) in [4.78, 5) is 30.7. The molecule has 0 saturated heterocycles. The van der Waals surface area contributed by atoms with E-state index in [2.05, 4.69) is 25.9 Å². The van der Waals surface area contributed by atoms with Gasteiger partial charge in [-0.1, -0.05) is 6.07 Å². The van der Waals surface area contributed by atoms with Crippen LogP contribution in [0.4, 0.5) is 11.4 Å². The number of amides is 1. The number of hydrogen-bond acceptors (Lipinski definition) is 8. The van der Waals surface area contributed by atoms with Crippen molar-refractivity contribution < 1.29 is 13.9 Å². The second-order valence-electron chi connectivity index (χ2n) is 8.34. The van der Waals surface area contributed by atoms with E-state index in [0.717, 1.165) is 11.3 Å². The van der Waals surface area contributed by atoms with Crippen molar-refractivity contribution in [1.82, 2.24) is 10.3 Å². The number of anilines is 2. The average molecular weight is 434 g/mol. The summed E-state index contributed by atoms with van der Waals surface area (Å²) in [6, 6.07) is 10.6. The number of rotatable bonds is 3. The van der Waals surface area contributed by atoms with Crippen molar-refractivity contribution in [2.45, 2.75) is 32.2 Å². The van der Waals surface area contributed by atoms with Crippen LogP contribution in [0.3, 0.4) is 0 Å². The SMILES string of the molecule is CC1=C(Nc2ccc3oc(=O)[nH]c3c2)NC(N)(c2ccc3c(c2)OC(C)(C)C(=O)N3)N=C1. The number of fused-ring (bicyclic) bond motifs is 2. The first-order chi connectivity index (χ1) is 15.1. The second-order valence-corrected chi connectivity index (χ2v) is 8.34. The van der Waals surface area contributed by atoms with Gasteiger partial charge in [0.2, 0.25) is 5.79 Å². The molecule has 0 fully saturated rings. The number of carbonyl (C=O) groups is 1. The van der Waals surface area contributed by atoms with Gasteiger partial charge >= 0.3 is 5.76 Å². The molecule has 1 amide bonds. The number of hydrogen-bond donors (Lipinski definition) is 5. The number of H-pyrrole nitrogens is 1. The quantitative estimate of drug-likeness (QED) is 0.425. The lowest BCUT2D eigenvalue weighted by molar-refractivity contribution is -0.129. The molecule has 3 aromatic rings. The molecular weight excluding hydrogens is 412 g/mol. The maximum Gasteiger partial charge on any atom is 0.417 e. The van der Waals surface area contributed by atoms with Crippen LogP contribution in [0.15, 0.2) is 62.0 Å². The highest BCUT2D eigenvalue weighted by Gasteiger charge is 2.37. The first-order valence-electron chi connectivity index (χ1n) is 10.0. The van der Waals surface area contributed by atoms with Crippen molar-refractivity contribution in [2.24, 2.45) is 10.7 Å². The summed E-state index contributed by atoms with van der Waals surface area (Å²) in [7, 11) is 0. The van der Waals surface area contributed by atoms with Gasteiger partial charge in [0.1, 0.15) is 11.6 Å². The number of ether oxygens (including phenoxy) is 1. The molecular formula is C22H22N6O4. The zero-order valence-corrected chi connectivity index (χ0v) is 17.7. The zero-order valence-electron chi connectivity index (χ0n) is 17.7. The zero-order chi connectivity index (χ0) is 22.7. The highest BCUT2D eigenvalue weighted by Crippen LogP contribution is 2.37. The Bertz CT molecular complexity index is 1380. The highest BCUT2D eigenvalue weighted by molar-refractivity contribution is 6.00. The van der Waals surface area contributed by atoms with Crippen molar-refractivity contribution in [1.29, 1.82) is 0 Å². The molecule has 10 heteroatoms. The third kappa shape index (κ3) is 3.30. The first-order valence-corrected chi connectivity index (χ1v) is 10.0. The number of nitrogens with two attached hydrogens (primary N) is 1. The van der Waals surface area contributed by atoms with E-state index >= 15 is 0 Å². The highest BCUT2D eigenvalue weighted by atomic mass is 16.5. The summed E-state index contributed by atoms with van der Waals surface area (Å²) in [6.45, 7) is 5.29. The number of oxazole rings is 1. The molecule has 1 unspecified atom stereocenters. The molecule has 6 N–H and O–H groups in total.